The second-order valence-electron chi connectivity index (χ2n) is 8.41. The Hall–Kier alpha value is -0.650. The van der Waals surface area contributed by atoms with Crippen LogP contribution >= 0.6 is 12.4 Å². The average molecular weight is 394 g/mol. The predicted octanol–water partition coefficient (Wildman–Crippen LogP) is 3.30. The number of hydrogen-bond donors (Lipinski definition) is 2. The zero-order valence-corrected chi connectivity index (χ0v) is 17.5. The fourth-order valence-electron chi connectivity index (χ4n) is 5.15. The molecule has 2 N–H and O–H groups in total. The van der Waals surface area contributed by atoms with Crippen molar-refractivity contribution in [1.82, 2.24) is 15.5 Å². The van der Waals surface area contributed by atoms with Crippen LogP contribution in [0.3, 0.4) is 0 Å². The number of nitrogens with one attached hydrogen (secondary N) is 2. The number of halogens is 1. The number of rotatable bonds is 6. The first-order valence-corrected chi connectivity index (χ1v) is 10.7. The highest BCUT2D eigenvalue weighted by molar-refractivity contribution is 5.85. The molecular weight excluding hydrogens is 358 g/mol. The predicted molar refractivity (Wildman–Crippen MR) is 114 cm³/mol. The minimum atomic E-state index is 0. The summed E-state index contributed by atoms with van der Waals surface area (Å²) in [5, 5.41) is 7.68. The maximum atomic E-state index is 5.73. The van der Waals surface area contributed by atoms with Gasteiger partial charge in [-0.2, -0.15) is 0 Å². The van der Waals surface area contributed by atoms with E-state index in [4.69, 9.17) is 4.74 Å². The van der Waals surface area contributed by atoms with E-state index in [1.807, 2.05) is 0 Å². The van der Waals surface area contributed by atoms with Crippen LogP contribution < -0.4 is 10.6 Å². The van der Waals surface area contributed by atoms with Crippen LogP contribution in [0.5, 0.6) is 0 Å². The van der Waals surface area contributed by atoms with E-state index in [0.717, 1.165) is 26.3 Å². The Morgan fingerprint density at radius 1 is 1.15 bits per heavy atom. The van der Waals surface area contributed by atoms with E-state index >= 15 is 0 Å². The van der Waals surface area contributed by atoms with Crippen LogP contribution in [0.2, 0.25) is 0 Å². The first-order chi connectivity index (χ1) is 12.8. The quantitative estimate of drug-likeness (QED) is 0.777. The van der Waals surface area contributed by atoms with Gasteiger partial charge < -0.3 is 15.4 Å². The molecule has 3 aliphatic rings. The van der Waals surface area contributed by atoms with Gasteiger partial charge in [-0.1, -0.05) is 36.2 Å². The monoisotopic (exact) mass is 393 g/mol. The molecule has 0 bridgehead atoms. The van der Waals surface area contributed by atoms with Gasteiger partial charge in [-0.05, 0) is 57.2 Å². The molecule has 2 heterocycles. The van der Waals surface area contributed by atoms with Gasteiger partial charge >= 0.3 is 0 Å². The van der Waals surface area contributed by atoms with E-state index in [2.05, 4.69) is 46.7 Å². The summed E-state index contributed by atoms with van der Waals surface area (Å²) in [4.78, 5) is 2.68. The van der Waals surface area contributed by atoms with Crippen molar-refractivity contribution in [3.05, 3.63) is 35.4 Å². The summed E-state index contributed by atoms with van der Waals surface area (Å²) in [5.41, 5.74) is 2.82. The van der Waals surface area contributed by atoms with Crippen molar-refractivity contribution >= 4 is 12.4 Å². The molecule has 3 fully saturated rings. The number of ether oxygens (including phenoxy) is 1. The third-order valence-electron chi connectivity index (χ3n) is 6.65. The van der Waals surface area contributed by atoms with E-state index in [0.29, 0.717) is 24.0 Å². The molecule has 1 aromatic rings. The Morgan fingerprint density at radius 2 is 1.93 bits per heavy atom. The van der Waals surface area contributed by atoms with Crippen molar-refractivity contribution in [2.24, 2.45) is 5.92 Å². The molecule has 5 heteroatoms. The third kappa shape index (κ3) is 5.24. The van der Waals surface area contributed by atoms with E-state index in [1.165, 1.54) is 56.3 Å². The summed E-state index contributed by atoms with van der Waals surface area (Å²) in [6, 6.07) is 10.9. The number of benzene rings is 1. The number of nitrogens with zero attached hydrogens (tertiary/aromatic N) is 1. The van der Waals surface area contributed by atoms with Crippen LogP contribution in [0, 0.1) is 12.8 Å². The summed E-state index contributed by atoms with van der Waals surface area (Å²) in [7, 11) is 0. The lowest BCUT2D eigenvalue weighted by Gasteiger charge is -2.35. The van der Waals surface area contributed by atoms with Crippen molar-refractivity contribution in [1.29, 1.82) is 0 Å². The molecule has 4 atom stereocenters. The molecule has 4 unspecified atom stereocenters. The van der Waals surface area contributed by atoms with E-state index in [-0.39, 0.29) is 12.4 Å². The first-order valence-electron chi connectivity index (χ1n) is 10.7. The molecule has 0 spiro atoms. The van der Waals surface area contributed by atoms with Gasteiger partial charge in [0.05, 0.1) is 13.2 Å². The van der Waals surface area contributed by atoms with Gasteiger partial charge in [-0.25, -0.2) is 0 Å². The molecule has 2 saturated heterocycles. The SMILES string of the molecule is Cc1ccc(C(CNC2CCCC2C2COCCN2)N2CCCC2)cc1.Cl. The van der Waals surface area contributed by atoms with Crippen LogP contribution in [0.15, 0.2) is 24.3 Å². The van der Waals surface area contributed by atoms with Gasteiger partial charge in [0.25, 0.3) is 0 Å². The van der Waals surface area contributed by atoms with Crippen molar-refractivity contribution in [2.45, 2.75) is 57.2 Å². The lowest BCUT2D eigenvalue weighted by molar-refractivity contribution is 0.0519. The van der Waals surface area contributed by atoms with E-state index in [9.17, 15) is 0 Å². The fourth-order valence-corrected chi connectivity index (χ4v) is 5.15. The largest absolute Gasteiger partial charge is 0.379 e. The van der Waals surface area contributed by atoms with Crippen molar-refractivity contribution in [3.8, 4) is 0 Å². The third-order valence-corrected chi connectivity index (χ3v) is 6.65. The zero-order chi connectivity index (χ0) is 17.8. The lowest BCUT2D eigenvalue weighted by atomic mass is 9.93. The first kappa shape index (κ1) is 21.1. The minimum Gasteiger partial charge on any atom is -0.379 e. The fraction of sp³-hybridized carbons (Fsp3) is 0.727. The number of morpholine rings is 1. The van der Waals surface area contributed by atoms with Crippen LogP contribution in [0.4, 0.5) is 0 Å². The standard InChI is InChI=1S/C22H35N3O.ClH/c1-17-7-9-18(10-8-17)22(25-12-2-3-13-25)15-24-20-6-4-5-19(20)21-16-26-14-11-23-21;/h7-10,19-24H,2-6,11-16H2,1H3;1H. The molecule has 4 nitrogen and oxygen atoms in total. The molecule has 27 heavy (non-hydrogen) atoms. The van der Waals surface area contributed by atoms with Crippen LogP contribution in [0.25, 0.3) is 0 Å². The Bertz CT molecular complexity index is 555. The molecule has 1 aliphatic carbocycles. The van der Waals surface area contributed by atoms with Gasteiger partial charge in [0, 0.05) is 31.2 Å². The molecule has 1 saturated carbocycles. The molecule has 4 rings (SSSR count). The minimum absolute atomic E-state index is 0. The Balaban J connectivity index is 0.00000210. The summed E-state index contributed by atoms with van der Waals surface area (Å²) < 4.78 is 5.73. The second kappa shape index (κ2) is 10.2. The van der Waals surface area contributed by atoms with E-state index < -0.39 is 0 Å². The molecule has 2 aliphatic heterocycles. The summed E-state index contributed by atoms with van der Waals surface area (Å²) in [5.74, 6) is 0.715. The van der Waals surface area contributed by atoms with Crippen LogP contribution in [0.1, 0.15) is 49.3 Å². The van der Waals surface area contributed by atoms with Crippen molar-refractivity contribution in [3.63, 3.8) is 0 Å². The Morgan fingerprint density at radius 3 is 2.63 bits per heavy atom. The number of likely N-dealkylation sites (tertiary alicyclic amines) is 1. The summed E-state index contributed by atoms with van der Waals surface area (Å²) in [6.45, 7) is 8.49. The molecule has 152 valence electrons. The smallest absolute Gasteiger partial charge is 0.0623 e. The number of hydrogen-bond acceptors (Lipinski definition) is 4. The Labute approximate surface area is 170 Å². The van der Waals surface area contributed by atoms with E-state index in [1.54, 1.807) is 0 Å². The summed E-state index contributed by atoms with van der Waals surface area (Å²) >= 11 is 0. The van der Waals surface area contributed by atoms with Gasteiger partial charge in [0.1, 0.15) is 0 Å². The topological polar surface area (TPSA) is 36.5 Å². The second-order valence-corrected chi connectivity index (χ2v) is 8.41. The highest BCUT2D eigenvalue weighted by Crippen LogP contribution is 2.31. The average Bonchev–Trinajstić information content (AvgIpc) is 3.36. The van der Waals surface area contributed by atoms with Gasteiger partial charge in [-0.15, -0.1) is 12.4 Å². The maximum absolute atomic E-state index is 5.73. The normalized spacial score (nSPS) is 30.2. The molecule has 0 amide bonds. The van der Waals surface area contributed by atoms with Crippen molar-refractivity contribution in [2.75, 3.05) is 39.4 Å². The molecule has 1 aromatic carbocycles. The van der Waals surface area contributed by atoms with Gasteiger partial charge in [0.15, 0.2) is 0 Å². The molecular formula is C22H36ClN3O. The van der Waals surface area contributed by atoms with Crippen LogP contribution in [-0.4, -0.2) is 56.4 Å². The zero-order valence-electron chi connectivity index (χ0n) is 16.7. The van der Waals surface area contributed by atoms with Gasteiger partial charge in [0.2, 0.25) is 0 Å². The maximum Gasteiger partial charge on any atom is 0.0623 e. The highest BCUT2D eigenvalue weighted by Gasteiger charge is 2.35. The van der Waals surface area contributed by atoms with Crippen LogP contribution in [-0.2, 0) is 4.74 Å². The van der Waals surface area contributed by atoms with Crippen molar-refractivity contribution < 1.29 is 4.74 Å². The summed E-state index contributed by atoms with van der Waals surface area (Å²) in [6.07, 6.45) is 6.68. The lowest BCUT2D eigenvalue weighted by Crippen LogP contribution is -2.51. The Kier molecular flexibility index (Phi) is 7.97. The van der Waals surface area contributed by atoms with Gasteiger partial charge in [-0.3, -0.25) is 4.90 Å². The number of aryl methyl sites for hydroxylation is 1. The molecule has 0 radical (unpaired) electrons. The molecule has 0 aromatic heterocycles. The highest BCUT2D eigenvalue weighted by atomic mass is 35.5.